The first-order chi connectivity index (χ1) is 11.1. The number of H-pyrrole nitrogens is 1. The maximum absolute atomic E-state index is 12.5. The Labute approximate surface area is 141 Å². The molecule has 0 fully saturated rings. The van der Waals surface area contributed by atoms with Crippen LogP contribution in [0.25, 0.3) is 0 Å². The van der Waals surface area contributed by atoms with Crippen LogP contribution in [0.3, 0.4) is 0 Å². The molecule has 2 N–H and O–H groups in total. The highest BCUT2D eigenvalue weighted by Crippen LogP contribution is 2.37. The molecule has 0 radical (unpaired) electrons. The summed E-state index contributed by atoms with van der Waals surface area (Å²) in [5, 5.41) is 3.56. The quantitative estimate of drug-likeness (QED) is 0.509. The Morgan fingerprint density at radius 1 is 1.39 bits per heavy atom. The lowest BCUT2D eigenvalue weighted by molar-refractivity contribution is -0.116. The van der Waals surface area contributed by atoms with Gasteiger partial charge in [0.05, 0.1) is 11.3 Å². The molecular formula is C16H12ClN3O2S. The molecule has 7 heteroatoms. The first kappa shape index (κ1) is 15.7. The molecule has 2 aromatic rings. The normalized spacial score (nSPS) is 16.3. The monoisotopic (exact) mass is 345 g/mol. The molecule has 0 saturated heterocycles. The fourth-order valence-electron chi connectivity index (χ4n) is 2.55. The topological polar surface area (TPSA) is 74.8 Å². The third kappa shape index (κ3) is 3.11. The van der Waals surface area contributed by atoms with E-state index in [1.165, 1.54) is 11.8 Å². The smallest absolute Gasteiger partial charge is 0.257 e. The number of aromatic amines is 1. The van der Waals surface area contributed by atoms with Crippen molar-refractivity contribution in [3.63, 3.8) is 0 Å². The highest BCUT2D eigenvalue weighted by molar-refractivity contribution is 7.99. The molecule has 1 amide bonds. The fourth-order valence-corrected chi connectivity index (χ4v) is 3.36. The average Bonchev–Trinajstić information content (AvgIpc) is 2.52. The number of carbonyl (C=O) groups excluding carboxylic acids is 1. The lowest BCUT2D eigenvalue weighted by Gasteiger charge is -2.25. The van der Waals surface area contributed by atoms with E-state index in [9.17, 15) is 9.59 Å². The van der Waals surface area contributed by atoms with Crippen LogP contribution in [-0.2, 0) is 4.79 Å². The molecule has 5 nitrogen and oxygen atoms in total. The summed E-state index contributed by atoms with van der Waals surface area (Å²) in [6.07, 6.45) is 5.37. The molecule has 23 heavy (non-hydrogen) atoms. The summed E-state index contributed by atoms with van der Waals surface area (Å²) in [6, 6.07) is 7.18. The Hall–Kier alpha value is -2.23. The average molecular weight is 346 g/mol. The Bertz CT molecular complexity index is 872. The highest BCUT2D eigenvalue weighted by Gasteiger charge is 2.31. The van der Waals surface area contributed by atoms with Gasteiger partial charge in [0, 0.05) is 17.4 Å². The fraction of sp³-hybridized carbons (Fsp3) is 0.188. The molecule has 2 heterocycles. The second-order valence-corrected chi connectivity index (χ2v) is 6.32. The van der Waals surface area contributed by atoms with E-state index in [0.29, 0.717) is 21.5 Å². The predicted molar refractivity (Wildman–Crippen MR) is 91.0 cm³/mol. The van der Waals surface area contributed by atoms with Crippen molar-refractivity contribution < 1.29 is 4.79 Å². The van der Waals surface area contributed by atoms with E-state index < -0.39 is 5.92 Å². The number of thioether (sulfide) groups is 1. The first-order valence-electron chi connectivity index (χ1n) is 6.85. The van der Waals surface area contributed by atoms with Crippen molar-refractivity contribution in [1.82, 2.24) is 9.97 Å². The summed E-state index contributed by atoms with van der Waals surface area (Å²) in [7, 11) is 0. The van der Waals surface area contributed by atoms with Gasteiger partial charge in [-0.1, -0.05) is 47.5 Å². The minimum absolute atomic E-state index is 0.151. The minimum Gasteiger partial charge on any atom is -0.310 e. The summed E-state index contributed by atoms with van der Waals surface area (Å²) in [4.78, 5) is 31.5. The van der Waals surface area contributed by atoms with Crippen molar-refractivity contribution in [2.24, 2.45) is 0 Å². The molecule has 0 aliphatic carbocycles. The van der Waals surface area contributed by atoms with E-state index in [1.807, 2.05) is 12.1 Å². The largest absolute Gasteiger partial charge is 0.310 e. The molecule has 1 aromatic carbocycles. The van der Waals surface area contributed by atoms with Gasteiger partial charge in [0.15, 0.2) is 5.16 Å². The molecule has 0 saturated carbocycles. The number of fused-ring (bicyclic) bond motifs is 1. The van der Waals surface area contributed by atoms with Crippen molar-refractivity contribution in [2.45, 2.75) is 17.5 Å². The summed E-state index contributed by atoms with van der Waals surface area (Å²) in [6.45, 7) is 0. The van der Waals surface area contributed by atoms with Crippen LogP contribution in [-0.4, -0.2) is 21.6 Å². The van der Waals surface area contributed by atoms with Crippen LogP contribution in [0.5, 0.6) is 0 Å². The van der Waals surface area contributed by atoms with Gasteiger partial charge < -0.3 is 10.3 Å². The van der Waals surface area contributed by atoms with E-state index in [0.717, 1.165) is 5.56 Å². The molecule has 1 aliphatic rings. The van der Waals surface area contributed by atoms with Gasteiger partial charge in [-0.2, -0.15) is 0 Å². The van der Waals surface area contributed by atoms with Crippen molar-refractivity contribution >= 4 is 35.1 Å². The number of terminal acetylenes is 1. The molecule has 0 unspecified atom stereocenters. The standard InChI is InChI=1S/C16H12ClN3O2S/c1-2-7-23-16-19-14-13(15(22)20-16)10(8-12(21)18-14)9-5-3-4-6-11(9)17/h1,3-6,10H,7-8H2,(H2,18,19,20,21,22)/t10-/m0/s1. The number of nitrogens with zero attached hydrogens (tertiary/aromatic N) is 1. The zero-order valence-electron chi connectivity index (χ0n) is 11.9. The molecule has 0 bridgehead atoms. The lowest BCUT2D eigenvalue weighted by Crippen LogP contribution is -2.31. The Morgan fingerprint density at radius 2 is 2.17 bits per heavy atom. The Balaban J connectivity index is 2.11. The van der Waals surface area contributed by atoms with Gasteiger partial charge in [0.2, 0.25) is 5.91 Å². The molecule has 1 aromatic heterocycles. The van der Waals surface area contributed by atoms with Crippen LogP contribution in [0.2, 0.25) is 5.02 Å². The lowest BCUT2D eigenvalue weighted by atomic mass is 9.87. The number of hydrogen-bond acceptors (Lipinski definition) is 4. The summed E-state index contributed by atoms with van der Waals surface area (Å²) in [5.41, 5.74) is 0.865. The van der Waals surface area contributed by atoms with Crippen molar-refractivity contribution in [3.05, 3.63) is 50.8 Å². The molecule has 1 atom stereocenters. The van der Waals surface area contributed by atoms with Gasteiger partial charge in [-0.3, -0.25) is 9.59 Å². The van der Waals surface area contributed by atoms with Crippen LogP contribution in [0.4, 0.5) is 5.82 Å². The van der Waals surface area contributed by atoms with Crippen molar-refractivity contribution in [1.29, 1.82) is 0 Å². The van der Waals surface area contributed by atoms with Crippen LogP contribution in [0, 0.1) is 12.3 Å². The number of benzene rings is 1. The van der Waals surface area contributed by atoms with Gasteiger partial charge in [0.1, 0.15) is 5.82 Å². The second kappa shape index (κ2) is 6.49. The summed E-state index contributed by atoms with van der Waals surface area (Å²) >= 11 is 7.46. The van der Waals surface area contributed by atoms with E-state index in [2.05, 4.69) is 21.2 Å². The maximum Gasteiger partial charge on any atom is 0.257 e. The van der Waals surface area contributed by atoms with Crippen molar-refractivity contribution in [3.8, 4) is 12.3 Å². The van der Waals surface area contributed by atoms with Gasteiger partial charge in [0.25, 0.3) is 5.56 Å². The second-order valence-electron chi connectivity index (χ2n) is 4.95. The van der Waals surface area contributed by atoms with Crippen LogP contribution >= 0.6 is 23.4 Å². The molecule has 116 valence electrons. The van der Waals surface area contributed by atoms with E-state index >= 15 is 0 Å². The number of halogens is 1. The Morgan fingerprint density at radius 3 is 2.91 bits per heavy atom. The van der Waals surface area contributed by atoms with Crippen LogP contribution < -0.4 is 10.9 Å². The van der Waals surface area contributed by atoms with Gasteiger partial charge in [-0.05, 0) is 11.6 Å². The van der Waals surface area contributed by atoms with Gasteiger partial charge in [-0.25, -0.2) is 4.98 Å². The van der Waals surface area contributed by atoms with E-state index in [-0.39, 0.29) is 23.7 Å². The first-order valence-corrected chi connectivity index (χ1v) is 8.21. The zero-order valence-corrected chi connectivity index (χ0v) is 13.5. The SMILES string of the molecule is C#CCSc1nc2c(c(=O)[nH]1)[C@H](c1ccccc1Cl)CC(=O)N2. The number of carbonyl (C=O) groups is 1. The molecule has 0 spiro atoms. The van der Waals surface area contributed by atoms with E-state index in [1.54, 1.807) is 12.1 Å². The van der Waals surface area contributed by atoms with Gasteiger partial charge >= 0.3 is 0 Å². The summed E-state index contributed by atoms with van der Waals surface area (Å²) < 4.78 is 0. The van der Waals surface area contributed by atoms with Crippen LogP contribution in [0.1, 0.15) is 23.5 Å². The summed E-state index contributed by atoms with van der Waals surface area (Å²) in [5.74, 6) is 2.49. The van der Waals surface area contributed by atoms with E-state index in [4.69, 9.17) is 18.0 Å². The predicted octanol–water partition coefficient (Wildman–Crippen LogP) is 2.62. The number of rotatable bonds is 3. The third-order valence-electron chi connectivity index (χ3n) is 3.50. The number of aromatic nitrogens is 2. The molecular weight excluding hydrogens is 334 g/mol. The van der Waals surface area contributed by atoms with Crippen LogP contribution in [0.15, 0.2) is 34.2 Å². The highest BCUT2D eigenvalue weighted by atomic mass is 35.5. The number of nitrogens with one attached hydrogen (secondary N) is 2. The third-order valence-corrected chi connectivity index (χ3v) is 4.62. The van der Waals surface area contributed by atoms with Crippen molar-refractivity contribution in [2.75, 3.05) is 11.1 Å². The van der Waals surface area contributed by atoms with Gasteiger partial charge in [-0.15, -0.1) is 6.42 Å². The Kier molecular flexibility index (Phi) is 4.42. The maximum atomic E-state index is 12.5. The molecule has 1 aliphatic heterocycles. The number of amides is 1. The zero-order chi connectivity index (χ0) is 16.4. The number of anilines is 1. The minimum atomic E-state index is -0.421. The molecule has 3 rings (SSSR count). The number of hydrogen-bond donors (Lipinski definition) is 2.